The highest BCUT2D eigenvalue weighted by molar-refractivity contribution is 7.90. The van der Waals surface area contributed by atoms with Crippen molar-refractivity contribution in [3.05, 3.63) is 24.5 Å². The smallest absolute Gasteiger partial charge is 0.301 e. The Morgan fingerprint density at radius 2 is 2.17 bits per heavy atom. The monoisotopic (exact) mass is 271 g/mol. The maximum atomic E-state index is 12.1. The molecule has 0 aliphatic carbocycles. The molecule has 6 nitrogen and oxygen atoms in total. The predicted molar refractivity (Wildman–Crippen MR) is 68.2 cm³/mol. The molecule has 1 saturated heterocycles. The molecule has 0 aromatic carbocycles. The summed E-state index contributed by atoms with van der Waals surface area (Å²) in [7, 11) is -3.53. The van der Waals surface area contributed by atoms with E-state index in [1.54, 1.807) is 12.1 Å². The summed E-state index contributed by atoms with van der Waals surface area (Å²) in [4.78, 5) is 3.83. The summed E-state index contributed by atoms with van der Waals surface area (Å²) in [6.45, 7) is 0.898. The lowest BCUT2D eigenvalue weighted by Gasteiger charge is -2.30. The van der Waals surface area contributed by atoms with Crippen LogP contribution >= 0.6 is 0 Å². The molecule has 1 aliphatic heterocycles. The first kappa shape index (κ1) is 13.3. The highest BCUT2D eigenvalue weighted by Gasteiger charge is 2.28. The number of piperidine rings is 1. The van der Waals surface area contributed by atoms with Crippen LogP contribution in [0.25, 0.3) is 0 Å². The van der Waals surface area contributed by atoms with Gasteiger partial charge in [0.2, 0.25) is 0 Å². The molecule has 2 rings (SSSR count). The van der Waals surface area contributed by atoms with Crippen LogP contribution in [0.15, 0.2) is 24.5 Å². The third kappa shape index (κ3) is 3.18. The first-order valence-electron chi connectivity index (χ1n) is 5.90. The highest BCUT2D eigenvalue weighted by Crippen LogP contribution is 2.20. The molecule has 0 spiro atoms. The Kier molecular flexibility index (Phi) is 4.15. The summed E-state index contributed by atoms with van der Waals surface area (Å²) in [5.41, 5.74) is 0.496. The lowest BCUT2D eigenvalue weighted by molar-refractivity contribution is 0.166. The normalized spacial score (nSPS) is 21.7. The van der Waals surface area contributed by atoms with E-state index in [0.717, 1.165) is 12.8 Å². The molecule has 0 amide bonds. The number of rotatable bonds is 4. The van der Waals surface area contributed by atoms with Gasteiger partial charge < -0.3 is 5.11 Å². The number of aromatic nitrogens is 1. The fourth-order valence-electron chi connectivity index (χ4n) is 2.03. The van der Waals surface area contributed by atoms with Crippen LogP contribution in [-0.2, 0) is 10.2 Å². The third-order valence-electron chi connectivity index (χ3n) is 3.01. The van der Waals surface area contributed by atoms with Crippen molar-refractivity contribution in [3.8, 4) is 0 Å². The first-order valence-corrected chi connectivity index (χ1v) is 7.34. The number of anilines is 1. The molecule has 1 atom stereocenters. The van der Waals surface area contributed by atoms with E-state index >= 15 is 0 Å². The van der Waals surface area contributed by atoms with Gasteiger partial charge in [-0.05, 0) is 30.9 Å². The van der Waals surface area contributed by atoms with Crippen molar-refractivity contribution in [1.82, 2.24) is 9.29 Å². The number of aliphatic hydroxyl groups excluding tert-OH is 1. The fraction of sp³-hybridized carbons (Fsp3) is 0.545. The van der Waals surface area contributed by atoms with Crippen molar-refractivity contribution in [1.29, 1.82) is 0 Å². The van der Waals surface area contributed by atoms with Gasteiger partial charge in [-0.2, -0.15) is 12.7 Å². The van der Waals surface area contributed by atoms with Gasteiger partial charge in [0.15, 0.2) is 0 Å². The second-order valence-corrected chi connectivity index (χ2v) is 6.06. The van der Waals surface area contributed by atoms with Crippen molar-refractivity contribution in [2.45, 2.75) is 12.8 Å². The highest BCUT2D eigenvalue weighted by atomic mass is 32.2. The summed E-state index contributed by atoms with van der Waals surface area (Å²) in [5.74, 6) is 0.0350. The zero-order valence-electron chi connectivity index (χ0n) is 9.99. The molecule has 1 fully saturated rings. The molecule has 0 radical (unpaired) electrons. The number of hydrogen-bond donors (Lipinski definition) is 2. The van der Waals surface area contributed by atoms with Crippen LogP contribution in [0.2, 0.25) is 0 Å². The molecule has 0 saturated carbocycles. The van der Waals surface area contributed by atoms with Gasteiger partial charge in [0.25, 0.3) is 0 Å². The second-order valence-electron chi connectivity index (χ2n) is 4.39. The minimum Gasteiger partial charge on any atom is -0.396 e. The standard InChI is InChI=1S/C11H17N3O3S/c15-9-10-2-1-7-14(8-10)18(16,17)13-11-3-5-12-6-4-11/h3-6,10,15H,1-2,7-9H2,(H,12,13). The number of hydrogen-bond acceptors (Lipinski definition) is 4. The molecule has 1 unspecified atom stereocenters. The van der Waals surface area contributed by atoms with E-state index in [9.17, 15) is 8.42 Å². The van der Waals surface area contributed by atoms with Gasteiger partial charge in [-0.3, -0.25) is 9.71 Å². The van der Waals surface area contributed by atoms with Crippen LogP contribution in [0.4, 0.5) is 5.69 Å². The molecule has 1 aliphatic rings. The van der Waals surface area contributed by atoms with Gasteiger partial charge in [0.05, 0.1) is 5.69 Å². The Morgan fingerprint density at radius 3 is 2.83 bits per heavy atom. The van der Waals surface area contributed by atoms with Gasteiger partial charge >= 0.3 is 10.2 Å². The topological polar surface area (TPSA) is 82.5 Å². The van der Waals surface area contributed by atoms with E-state index in [4.69, 9.17) is 5.11 Å². The fourth-order valence-corrected chi connectivity index (χ4v) is 3.37. The molecule has 0 bridgehead atoms. The Morgan fingerprint density at radius 1 is 1.44 bits per heavy atom. The summed E-state index contributed by atoms with van der Waals surface area (Å²) in [5, 5.41) is 9.11. The van der Waals surface area contributed by atoms with Crippen molar-refractivity contribution < 1.29 is 13.5 Å². The van der Waals surface area contributed by atoms with E-state index in [1.807, 2.05) is 0 Å². The van der Waals surface area contributed by atoms with E-state index < -0.39 is 10.2 Å². The van der Waals surface area contributed by atoms with Gasteiger partial charge in [0.1, 0.15) is 0 Å². The number of nitrogens with zero attached hydrogens (tertiary/aromatic N) is 2. The zero-order valence-corrected chi connectivity index (χ0v) is 10.8. The molecular weight excluding hydrogens is 254 g/mol. The van der Waals surface area contributed by atoms with Crippen molar-refractivity contribution in [3.63, 3.8) is 0 Å². The second kappa shape index (κ2) is 5.64. The van der Waals surface area contributed by atoms with Crippen LogP contribution < -0.4 is 4.72 Å². The van der Waals surface area contributed by atoms with Gasteiger partial charge in [-0.25, -0.2) is 0 Å². The number of nitrogens with one attached hydrogen (secondary N) is 1. The Labute approximate surface area is 107 Å². The SMILES string of the molecule is O=S(=O)(Nc1ccncc1)N1CCCC(CO)C1. The molecule has 2 heterocycles. The maximum absolute atomic E-state index is 12.1. The average molecular weight is 271 g/mol. The van der Waals surface area contributed by atoms with Crippen LogP contribution in [0.5, 0.6) is 0 Å². The summed E-state index contributed by atoms with van der Waals surface area (Å²) < 4.78 is 28.2. The van der Waals surface area contributed by atoms with E-state index in [-0.39, 0.29) is 12.5 Å². The molecule has 100 valence electrons. The number of aliphatic hydroxyl groups is 1. The molecular formula is C11H17N3O3S. The quantitative estimate of drug-likeness (QED) is 0.832. The van der Waals surface area contributed by atoms with Gasteiger partial charge in [-0.15, -0.1) is 0 Å². The molecule has 1 aromatic rings. The predicted octanol–water partition coefficient (Wildman–Crippen LogP) is 0.443. The van der Waals surface area contributed by atoms with E-state index in [0.29, 0.717) is 18.8 Å². The van der Waals surface area contributed by atoms with Crippen LogP contribution in [0.1, 0.15) is 12.8 Å². The minimum atomic E-state index is -3.53. The summed E-state index contributed by atoms with van der Waals surface area (Å²) in [6, 6.07) is 3.20. The van der Waals surface area contributed by atoms with Crippen molar-refractivity contribution >= 4 is 15.9 Å². The summed E-state index contributed by atoms with van der Waals surface area (Å²) >= 11 is 0. The van der Waals surface area contributed by atoms with Gasteiger partial charge in [0, 0.05) is 32.1 Å². The molecule has 2 N–H and O–H groups in total. The van der Waals surface area contributed by atoms with Crippen molar-refractivity contribution in [2.75, 3.05) is 24.4 Å². The molecule has 1 aromatic heterocycles. The molecule has 18 heavy (non-hydrogen) atoms. The van der Waals surface area contributed by atoms with Crippen LogP contribution in [-0.4, -0.2) is 42.5 Å². The Bertz CT molecular complexity index is 478. The van der Waals surface area contributed by atoms with E-state index in [2.05, 4.69) is 9.71 Å². The lowest BCUT2D eigenvalue weighted by Crippen LogP contribution is -2.43. The van der Waals surface area contributed by atoms with Crippen molar-refractivity contribution in [2.24, 2.45) is 5.92 Å². The zero-order chi connectivity index (χ0) is 13.0. The summed E-state index contributed by atoms with van der Waals surface area (Å²) in [6.07, 6.45) is 4.72. The van der Waals surface area contributed by atoms with Crippen LogP contribution in [0, 0.1) is 5.92 Å². The average Bonchev–Trinajstić information content (AvgIpc) is 2.39. The van der Waals surface area contributed by atoms with Gasteiger partial charge in [-0.1, -0.05) is 0 Å². The molecule has 7 heteroatoms. The Hall–Kier alpha value is -1.18. The van der Waals surface area contributed by atoms with E-state index in [1.165, 1.54) is 16.7 Å². The largest absolute Gasteiger partial charge is 0.396 e. The Balaban J connectivity index is 2.06. The van der Waals surface area contributed by atoms with Crippen LogP contribution in [0.3, 0.4) is 0 Å². The minimum absolute atomic E-state index is 0.0290. The number of pyridine rings is 1. The lowest BCUT2D eigenvalue weighted by atomic mass is 10.0. The third-order valence-corrected chi connectivity index (χ3v) is 4.51. The first-order chi connectivity index (χ1) is 8.62. The maximum Gasteiger partial charge on any atom is 0.301 e.